The predicted molar refractivity (Wildman–Crippen MR) is 266 cm³/mol. The molecule has 32 heteroatoms. The summed E-state index contributed by atoms with van der Waals surface area (Å²) in [4.78, 5) is 79.3. The minimum Gasteiger partial charge on any atom is -0.469 e. The number of methoxy groups -OCH3 is 4. The number of hydrogen-bond donors (Lipinski definition) is 11. The highest BCUT2D eigenvalue weighted by molar-refractivity contribution is 5.92. The molecule has 0 aliphatic carbocycles. The summed E-state index contributed by atoms with van der Waals surface area (Å²) >= 11 is 0. The van der Waals surface area contributed by atoms with E-state index in [9.17, 15) is 84.9 Å². The first-order valence-electron chi connectivity index (χ1n) is 26.0. The summed E-state index contributed by atoms with van der Waals surface area (Å²) in [7, 11) is 4.26. The average Bonchev–Trinajstić information content (AvgIpc) is 3.68. The molecule has 11 N–H and O–H groups in total. The van der Waals surface area contributed by atoms with Crippen LogP contribution in [0.4, 0.5) is 0 Å². The van der Waals surface area contributed by atoms with Crippen LogP contribution < -0.4 is 0 Å². The van der Waals surface area contributed by atoms with Crippen molar-refractivity contribution in [2.75, 3.05) is 54.9 Å². The summed E-state index contributed by atoms with van der Waals surface area (Å²) in [6.45, 7) is -0.328. The lowest BCUT2D eigenvalue weighted by Gasteiger charge is -2.42. The first-order chi connectivity index (χ1) is 40.0. The van der Waals surface area contributed by atoms with Gasteiger partial charge in [0.05, 0.1) is 96.4 Å². The Kier molecular flexibility index (Phi) is 24.3. The third kappa shape index (κ3) is 15.1. The highest BCUT2D eigenvalue weighted by atomic mass is 16.8. The summed E-state index contributed by atoms with van der Waals surface area (Å²) in [5.41, 5.74) is -0.763. The van der Waals surface area contributed by atoms with Gasteiger partial charge >= 0.3 is 35.8 Å². The maximum absolute atomic E-state index is 14.0. The van der Waals surface area contributed by atoms with Crippen LogP contribution >= 0.6 is 0 Å². The van der Waals surface area contributed by atoms with Crippen LogP contribution in [0.5, 0.6) is 0 Å². The second-order valence-electron chi connectivity index (χ2n) is 19.4. The summed E-state index contributed by atoms with van der Waals surface area (Å²) in [5, 5.41) is 116. The fraction of sp³-hybridized carbons (Fsp3) is 0.654. The van der Waals surface area contributed by atoms with Crippen molar-refractivity contribution in [2.45, 2.75) is 144 Å². The lowest BCUT2D eigenvalue weighted by molar-refractivity contribution is -0.328. The molecule has 0 aromatic rings. The molecule has 32 nitrogen and oxygen atoms in total. The molecule has 6 heterocycles. The van der Waals surface area contributed by atoms with Crippen LogP contribution in [0.25, 0.3) is 0 Å². The van der Waals surface area contributed by atoms with E-state index in [1.54, 1.807) is 0 Å². The number of carbonyl (C=O) groups excluding carboxylic acids is 6. The Bertz CT molecular complexity index is 2520. The van der Waals surface area contributed by atoms with Gasteiger partial charge in [-0.3, -0.25) is 14.4 Å². The molecular formula is C52H70O32. The van der Waals surface area contributed by atoms with E-state index in [0.717, 1.165) is 53.3 Å². The van der Waals surface area contributed by atoms with E-state index in [2.05, 4.69) is 0 Å². The van der Waals surface area contributed by atoms with Gasteiger partial charge in [0.25, 0.3) is 0 Å². The first kappa shape index (κ1) is 67.1. The minimum atomic E-state index is -2.03. The van der Waals surface area contributed by atoms with Gasteiger partial charge in [-0.2, -0.15) is 0 Å². The van der Waals surface area contributed by atoms with E-state index in [-0.39, 0.29) is 34.3 Å². The number of allylic oxidation sites excluding steroid dienone is 2. The van der Waals surface area contributed by atoms with Gasteiger partial charge in [-0.15, -0.1) is 0 Å². The molecule has 6 aliphatic heterocycles. The van der Waals surface area contributed by atoms with Gasteiger partial charge in [0.1, 0.15) is 86.5 Å². The molecule has 470 valence electrons. The molecule has 0 bridgehead atoms. The fourth-order valence-electron chi connectivity index (χ4n) is 9.77. The van der Waals surface area contributed by atoms with Gasteiger partial charge in [-0.25, -0.2) is 14.4 Å². The third-order valence-electron chi connectivity index (χ3n) is 14.5. The Morgan fingerprint density at radius 2 is 0.774 bits per heavy atom. The second kappa shape index (κ2) is 30.4. The minimum absolute atomic E-state index is 0.0600. The molecule has 6 rings (SSSR count). The largest absolute Gasteiger partial charge is 0.469 e. The fourth-order valence-corrected chi connectivity index (χ4v) is 9.77. The molecule has 6 aliphatic rings. The van der Waals surface area contributed by atoms with E-state index in [4.69, 9.17) is 71.1 Å². The predicted octanol–water partition coefficient (Wildman–Crippen LogP) is -5.22. The van der Waals surface area contributed by atoms with Crippen molar-refractivity contribution < 1.29 is 156 Å². The molecule has 3 fully saturated rings. The van der Waals surface area contributed by atoms with E-state index in [0.29, 0.717) is 0 Å². The quantitative estimate of drug-likeness (QED) is 0.0291. The second-order valence-corrected chi connectivity index (χ2v) is 19.4. The topological polar surface area (TPSA) is 463 Å². The van der Waals surface area contributed by atoms with Crippen molar-refractivity contribution in [1.29, 1.82) is 0 Å². The van der Waals surface area contributed by atoms with Crippen LogP contribution in [-0.4, -0.2) is 258 Å². The third-order valence-corrected chi connectivity index (χ3v) is 14.5. The standard InChI is InChI=1S/C52H70O32/c1-7-20-23(11-32(55)70-3)26(44(67)71-4)16-76-47(20)83-52-43(66)40(63)37(60)31(81-52)19-75-34(57)13-25-22(49(78-18-28(25)46(69)73-6)84-51-42(65)39(62)36(59)30(15-54)80-51)9-10-74-33(56)12-24-21(8-2)48(77-17-27(24)45(68)72-5)82-50-41(64)38(61)35(58)29(14-53)79-50/h7-9,16-18,23-25,29-31,35-43,47-54,58-66H,10-15,19H2,1-6H3/b20-7+,21-8-,22-9-/t23-,24-,25-,29+,30+,31+,35+,36+,37+,38-,39-,40-,41+,42+,43+,47-,48-,49-,50-,51-,52-/m0/s1. The van der Waals surface area contributed by atoms with Crippen molar-refractivity contribution >= 4 is 35.8 Å². The Morgan fingerprint density at radius 3 is 1.13 bits per heavy atom. The zero-order chi connectivity index (χ0) is 61.9. The van der Waals surface area contributed by atoms with Crippen molar-refractivity contribution in [2.24, 2.45) is 17.8 Å². The molecule has 21 atom stereocenters. The van der Waals surface area contributed by atoms with Gasteiger partial charge in [-0.1, -0.05) is 12.2 Å². The number of aliphatic hydroxyl groups excluding tert-OH is 11. The van der Waals surface area contributed by atoms with E-state index in [1.165, 1.54) is 26.0 Å². The molecule has 0 unspecified atom stereocenters. The summed E-state index contributed by atoms with van der Waals surface area (Å²) in [6, 6.07) is 0. The Morgan fingerprint density at radius 1 is 0.440 bits per heavy atom. The molecular weight excluding hydrogens is 1140 g/mol. The number of hydrogen-bond acceptors (Lipinski definition) is 32. The van der Waals surface area contributed by atoms with Crippen molar-refractivity contribution in [3.05, 3.63) is 70.5 Å². The molecule has 0 aromatic carbocycles. The maximum Gasteiger partial charge on any atom is 0.337 e. The van der Waals surface area contributed by atoms with Crippen LogP contribution in [0.15, 0.2) is 70.5 Å². The monoisotopic (exact) mass is 1210 g/mol. The average molecular weight is 1210 g/mol. The Labute approximate surface area is 478 Å². The molecule has 0 radical (unpaired) electrons. The summed E-state index contributed by atoms with van der Waals surface area (Å²) in [6.07, 6.45) is -27.5. The van der Waals surface area contributed by atoms with Crippen molar-refractivity contribution in [1.82, 2.24) is 0 Å². The zero-order valence-electron chi connectivity index (χ0n) is 46.0. The maximum atomic E-state index is 14.0. The lowest BCUT2D eigenvalue weighted by Crippen LogP contribution is -2.60. The molecule has 0 aromatic heterocycles. The Hall–Kier alpha value is -6.02. The van der Waals surface area contributed by atoms with E-state index < -0.39 is 209 Å². The molecule has 0 saturated carbocycles. The molecule has 84 heavy (non-hydrogen) atoms. The lowest BCUT2D eigenvalue weighted by atomic mass is 9.86. The number of esters is 6. The number of ether oxygens (including phenoxy) is 15. The number of carbonyl (C=O) groups is 6. The number of aliphatic hydroxyl groups is 11. The molecule has 0 amide bonds. The van der Waals surface area contributed by atoms with Gasteiger partial charge < -0.3 is 127 Å². The van der Waals surface area contributed by atoms with Gasteiger partial charge in [0, 0.05) is 34.5 Å². The van der Waals surface area contributed by atoms with Crippen LogP contribution in [-0.2, 0) is 99.8 Å². The zero-order valence-corrected chi connectivity index (χ0v) is 46.0. The SMILES string of the molecule is C/C=C1\[C@H](O[C@@H]2O[C@H](CO)[C@@H](O)[C@H](O)[C@H]2O)OC=C(C(=O)OC)[C@H]1CC(=O)OC/C=C1\[C@H](O[C@@H]2O[C@H](CO)[C@@H](O)[C@H](O)[C@H]2O)OC=C(C(=O)OC)[C@H]1CC(=O)OC[C@H]1O[C@@H](O[C@@H]2OC=C(C(=O)OC)[C@@H](CC(=O)OC)/C2=C\C)[C@H](O)[C@@H](O)[C@@H]1O. The van der Waals surface area contributed by atoms with Crippen LogP contribution in [0.2, 0.25) is 0 Å². The van der Waals surface area contributed by atoms with E-state index >= 15 is 0 Å². The Balaban J connectivity index is 1.24. The smallest absolute Gasteiger partial charge is 0.337 e. The number of rotatable bonds is 21. The van der Waals surface area contributed by atoms with Crippen molar-refractivity contribution in [3.8, 4) is 0 Å². The highest BCUT2D eigenvalue weighted by Crippen LogP contribution is 2.40. The van der Waals surface area contributed by atoms with Crippen LogP contribution in [0, 0.1) is 17.8 Å². The molecule has 3 saturated heterocycles. The van der Waals surface area contributed by atoms with E-state index in [1.807, 2.05) is 0 Å². The van der Waals surface area contributed by atoms with Gasteiger partial charge in [-0.05, 0) is 19.9 Å². The molecule has 0 spiro atoms. The van der Waals surface area contributed by atoms with Gasteiger partial charge in [0.15, 0.2) is 18.9 Å². The van der Waals surface area contributed by atoms with Crippen LogP contribution in [0.3, 0.4) is 0 Å². The van der Waals surface area contributed by atoms with Crippen molar-refractivity contribution in [3.63, 3.8) is 0 Å². The van der Waals surface area contributed by atoms with Gasteiger partial charge in [0.2, 0.25) is 18.9 Å². The first-order valence-corrected chi connectivity index (χ1v) is 26.0. The highest BCUT2D eigenvalue weighted by Gasteiger charge is 2.51. The normalized spacial score (nSPS) is 37.5. The summed E-state index contributed by atoms with van der Waals surface area (Å²) in [5.74, 6) is -9.71. The van der Waals surface area contributed by atoms with Crippen LogP contribution in [0.1, 0.15) is 33.1 Å². The summed E-state index contributed by atoms with van der Waals surface area (Å²) < 4.78 is 81.9.